The Morgan fingerprint density at radius 1 is 1.25 bits per heavy atom. The highest BCUT2D eigenvalue weighted by Gasteiger charge is 2.29. The molecule has 0 aliphatic carbocycles. The SMILES string of the molecule is COc1ccc(NC(=O)c2nc([N+](=O)[O-])c(Sc3c(Cl)cncc3Cl)s2)cc1. The zero-order valence-electron chi connectivity index (χ0n) is 14.0. The molecule has 1 amide bonds. The molecule has 0 aliphatic rings. The molecule has 0 bridgehead atoms. The van der Waals surface area contributed by atoms with Crippen molar-refractivity contribution in [3.05, 3.63) is 61.8 Å². The van der Waals surface area contributed by atoms with Gasteiger partial charge in [-0.15, -0.1) is 0 Å². The Hall–Kier alpha value is -2.40. The van der Waals surface area contributed by atoms with Crippen molar-refractivity contribution in [1.29, 1.82) is 0 Å². The van der Waals surface area contributed by atoms with Gasteiger partial charge in [-0.05, 0) is 34.2 Å². The highest BCUT2D eigenvalue weighted by molar-refractivity contribution is 8.01. The summed E-state index contributed by atoms with van der Waals surface area (Å²) in [5.74, 6) is -0.386. The van der Waals surface area contributed by atoms with E-state index in [9.17, 15) is 14.9 Å². The number of rotatable bonds is 6. The molecule has 144 valence electrons. The standard InChI is InChI=1S/C16H10Cl2N4O4S2/c1-26-9-4-2-8(3-5-9)20-14(23)15-21-13(22(24)25)16(28-15)27-12-10(17)6-19-7-11(12)18/h2-7H,1H3,(H,20,23). The van der Waals surface area contributed by atoms with Crippen LogP contribution in [0, 0.1) is 10.1 Å². The third-order valence-electron chi connectivity index (χ3n) is 3.30. The number of nitro groups is 1. The number of carbonyl (C=O) groups excluding carboxylic acids is 1. The van der Waals surface area contributed by atoms with E-state index >= 15 is 0 Å². The van der Waals surface area contributed by atoms with Gasteiger partial charge in [-0.3, -0.25) is 9.78 Å². The van der Waals surface area contributed by atoms with E-state index in [1.54, 1.807) is 24.3 Å². The van der Waals surface area contributed by atoms with E-state index in [-0.39, 0.29) is 19.3 Å². The van der Waals surface area contributed by atoms with Crippen LogP contribution in [0.3, 0.4) is 0 Å². The van der Waals surface area contributed by atoms with E-state index in [0.717, 1.165) is 23.1 Å². The van der Waals surface area contributed by atoms with Gasteiger partial charge in [0.1, 0.15) is 5.75 Å². The zero-order valence-corrected chi connectivity index (χ0v) is 17.2. The summed E-state index contributed by atoms with van der Waals surface area (Å²) in [4.78, 5) is 31.2. The summed E-state index contributed by atoms with van der Waals surface area (Å²) in [5.41, 5.74) is 0.498. The van der Waals surface area contributed by atoms with Crippen LogP contribution in [0.5, 0.6) is 5.75 Å². The number of carbonyl (C=O) groups is 1. The minimum atomic E-state index is -0.661. The Morgan fingerprint density at radius 3 is 2.46 bits per heavy atom. The fourth-order valence-corrected chi connectivity index (χ4v) is 4.64. The van der Waals surface area contributed by atoms with E-state index in [1.807, 2.05) is 0 Å². The van der Waals surface area contributed by atoms with Gasteiger partial charge in [0.25, 0.3) is 5.01 Å². The Morgan fingerprint density at radius 2 is 1.89 bits per heavy atom. The van der Waals surface area contributed by atoms with Crippen molar-refractivity contribution in [2.45, 2.75) is 9.10 Å². The average Bonchev–Trinajstić information content (AvgIpc) is 3.10. The molecule has 0 aliphatic heterocycles. The molecule has 3 aromatic rings. The maximum atomic E-state index is 12.5. The van der Waals surface area contributed by atoms with Crippen LogP contribution in [0.1, 0.15) is 9.80 Å². The van der Waals surface area contributed by atoms with Gasteiger partial charge in [0.2, 0.25) is 0 Å². The van der Waals surface area contributed by atoms with Gasteiger partial charge in [-0.1, -0.05) is 46.3 Å². The molecule has 1 aromatic carbocycles. The number of hydrogen-bond acceptors (Lipinski definition) is 8. The molecule has 0 atom stereocenters. The number of pyridine rings is 1. The molecule has 3 rings (SSSR count). The summed E-state index contributed by atoms with van der Waals surface area (Å²) >= 11 is 14.0. The van der Waals surface area contributed by atoms with E-state index in [0.29, 0.717) is 16.3 Å². The fourth-order valence-electron chi connectivity index (χ4n) is 2.03. The minimum Gasteiger partial charge on any atom is -0.497 e. The highest BCUT2D eigenvalue weighted by atomic mass is 35.5. The number of ether oxygens (including phenoxy) is 1. The molecule has 0 fully saturated rings. The Kier molecular flexibility index (Phi) is 6.35. The van der Waals surface area contributed by atoms with Crippen molar-refractivity contribution < 1.29 is 14.5 Å². The first-order valence-electron chi connectivity index (χ1n) is 7.46. The molecule has 0 saturated heterocycles. The second-order valence-electron chi connectivity index (χ2n) is 5.10. The zero-order chi connectivity index (χ0) is 20.3. The first-order chi connectivity index (χ1) is 13.4. The molecule has 28 heavy (non-hydrogen) atoms. The second-order valence-corrected chi connectivity index (χ2v) is 8.20. The molecule has 0 radical (unpaired) electrons. The van der Waals surface area contributed by atoms with Gasteiger partial charge in [-0.25, -0.2) is 0 Å². The number of methoxy groups -OCH3 is 1. The molecule has 8 nitrogen and oxygen atoms in total. The topological polar surface area (TPSA) is 107 Å². The van der Waals surface area contributed by atoms with Crippen LogP contribution in [-0.4, -0.2) is 27.9 Å². The maximum absolute atomic E-state index is 12.5. The largest absolute Gasteiger partial charge is 0.497 e. The first kappa shape index (κ1) is 20.3. The molecular weight excluding hydrogens is 447 g/mol. The lowest BCUT2D eigenvalue weighted by Gasteiger charge is -2.03. The van der Waals surface area contributed by atoms with Gasteiger partial charge < -0.3 is 20.2 Å². The molecule has 0 unspecified atom stereocenters. The third kappa shape index (κ3) is 4.53. The van der Waals surface area contributed by atoms with Crippen molar-refractivity contribution in [3.63, 3.8) is 0 Å². The van der Waals surface area contributed by atoms with Crippen LogP contribution in [-0.2, 0) is 0 Å². The number of nitrogens with zero attached hydrogens (tertiary/aromatic N) is 3. The molecule has 2 heterocycles. The fraction of sp³-hybridized carbons (Fsp3) is 0.0625. The number of amides is 1. The normalized spacial score (nSPS) is 10.5. The number of benzene rings is 1. The maximum Gasteiger partial charge on any atom is 0.389 e. The van der Waals surface area contributed by atoms with Gasteiger partial charge in [0.05, 0.1) is 22.1 Å². The first-order valence-corrected chi connectivity index (χ1v) is 9.85. The summed E-state index contributed by atoms with van der Waals surface area (Å²) in [6.07, 6.45) is 2.75. The minimum absolute atomic E-state index is 0.0636. The van der Waals surface area contributed by atoms with Crippen LogP contribution in [0.2, 0.25) is 10.0 Å². The third-order valence-corrected chi connectivity index (χ3v) is 6.45. The summed E-state index contributed by atoms with van der Waals surface area (Å²) in [5, 5.41) is 14.4. The quantitative estimate of drug-likeness (QED) is 0.402. The smallest absolute Gasteiger partial charge is 0.389 e. The van der Waals surface area contributed by atoms with Gasteiger partial charge in [-0.2, -0.15) is 0 Å². The van der Waals surface area contributed by atoms with E-state index in [1.165, 1.54) is 19.5 Å². The van der Waals surface area contributed by atoms with E-state index in [4.69, 9.17) is 27.9 Å². The second kappa shape index (κ2) is 8.74. The number of thiazole rings is 1. The Balaban J connectivity index is 1.87. The van der Waals surface area contributed by atoms with E-state index < -0.39 is 16.6 Å². The predicted molar refractivity (Wildman–Crippen MR) is 108 cm³/mol. The summed E-state index contributed by atoms with van der Waals surface area (Å²) in [6.45, 7) is 0. The van der Waals surface area contributed by atoms with Crippen LogP contribution in [0.25, 0.3) is 0 Å². The summed E-state index contributed by atoms with van der Waals surface area (Å²) < 4.78 is 5.23. The summed E-state index contributed by atoms with van der Waals surface area (Å²) in [7, 11) is 1.53. The molecule has 0 spiro atoms. The van der Waals surface area contributed by atoms with Crippen LogP contribution < -0.4 is 10.1 Å². The molecule has 1 N–H and O–H groups in total. The van der Waals surface area contributed by atoms with Crippen molar-refractivity contribution in [2.24, 2.45) is 0 Å². The van der Waals surface area contributed by atoms with Crippen LogP contribution in [0.4, 0.5) is 11.5 Å². The van der Waals surface area contributed by atoms with Crippen molar-refractivity contribution in [1.82, 2.24) is 9.97 Å². The van der Waals surface area contributed by atoms with Crippen molar-refractivity contribution >= 4 is 63.7 Å². The molecular formula is C16H10Cl2N4O4S2. The number of anilines is 1. The van der Waals surface area contributed by atoms with Crippen LogP contribution in [0.15, 0.2) is 45.8 Å². The number of nitrogens with one attached hydrogen (secondary N) is 1. The summed E-state index contributed by atoms with van der Waals surface area (Å²) in [6, 6.07) is 6.64. The number of aromatic nitrogens is 2. The van der Waals surface area contributed by atoms with Gasteiger partial charge in [0.15, 0.2) is 4.21 Å². The molecule has 12 heteroatoms. The average molecular weight is 457 g/mol. The molecule has 0 saturated carbocycles. The van der Waals surface area contributed by atoms with Gasteiger partial charge >= 0.3 is 11.7 Å². The Labute approximate surface area is 177 Å². The lowest BCUT2D eigenvalue weighted by molar-refractivity contribution is -0.391. The molecule has 2 aromatic heterocycles. The number of hydrogen-bond donors (Lipinski definition) is 1. The lowest BCUT2D eigenvalue weighted by atomic mass is 10.3. The van der Waals surface area contributed by atoms with Crippen molar-refractivity contribution in [3.8, 4) is 5.75 Å². The highest BCUT2D eigenvalue weighted by Crippen LogP contribution is 2.44. The monoisotopic (exact) mass is 456 g/mol. The predicted octanol–water partition coefficient (Wildman–Crippen LogP) is 5.17. The van der Waals surface area contributed by atoms with Crippen LogP contribution >= 0.6 is 46.3 Å². The Bertz CT molecular complexity index is 1020. The van der Waals surface area contributed by atoms with Gasteiger partial charge in [0, 0.05) is 18.1 Å². The van der Waals surface area contributed by atoms with E-state index in [2.05, 4.69) is 15.3 Å². The lowest BCUT2D eigenvalue weighted by Crippen LogP contribution is -2.11. The number of halogens is 2. The van der Waals surface area contributed by atoms with Crippen molar-refractivity contribution in [2.75, 3.05) is 12.4 Å².